The third-order valence-electron chi connectivity index (χ3n) is 22.3. The van der Waals surface area contributed by atoms with Crippen molar-refractivity contribution in [2.75, 3.05) is 85.1 Å². The van der Waals surface area contributed by atoms with Gasteiger partial charge in [-0.3, -0.25) is 19.2 Å². The quantitative estimate of drug-likeness (QED) is 0.0636. The fourth-order valence-electron chi connectivity index (χ4n) is 15.3. The van der Waals surface area contributed by atoms with Crippen LogP contribution >= 0.6 is 60.2 Å². The predicted octanol–water partition coefficient (Wildman–Crippen LogP) is 19.6. The second-order valence-electron chi connectivity index (χ2n) is 35.6. The summed E-state index contributed by atoms with van der Waals surface area (Å²) < 4.78 is 30.7. The zero-order valence-corrected chi connectivity index (χ0v) is 79.2. The number of ether oxygens (including phenoxy) is 3. The Bertz CT molecular complexity index is 4210. The van der Waals surface area contributed by atoms with Crippen molar-refractivity contribution in [3.63, 3.8) is 0 Å². The first-order chi connectivity index (χ1) is 56.4. The van der Waals surface area contributed by atoms with Crippen LogP contribution in [0.1, 0.15) is 243 Å². The van der Waals surface area contributed by atoms with Crippen LogP contribution in [0, 0.1) is 0 Å². The van der Waals surface area contributed by atoms with Gasteiger partial charge in [0.15, 0.2) is 0 Å². The van der Waals surface area contributed by atoms with Crippen LogP contribution in [-0.2, 0) is 74.2 Å². The van der Waals surface area contributed by atoms with Gasteiger partial charge in [-0.15, -0.1) is 12.4 Å². The summed E-state index contributed by atoms with van der Waals surface area (Å²) in [6, 6.07) is 41.6. The maximum atomic E-state index is 12.2. The first-order valence-corrected chi connectivity index (χ1v) is 45.5. The van der Waals surface area contributed by atoms with Crippen molar-refractivity contribution in [1.29, 1.82) is 0 Å². The molecule has 0 aliphatic carbocycles. The molecule has 5 aromatic carbocycles. The molecule has 0 radical (unpaired) electrons. The molecule has 120 heavy (non-hydrogen) atoms. The highest BCUT2D eigenvalue weighted by Crippen LogP contribution is 2.40. The van der Waals surface area contributed by atoms with E-state index in [2.05, 4.69) is 132 Å². The van der Waals surface area contributed by atoms with E-state index in [0.29, 0.717) is 76.3 Å². The van der Waals surface area contributed by atoms with E-state index in [1.54, 1.807) is 16.7 Å². The number of carbonyl (C=O) groups excluding carboxylic acids is 7. The fraction of sp³-hybridized carbons (Fsp3) is 0.564. The third kappa shape index (κ3) is 31.6. The van der Waals surface area contributed by atoms with Crippen LogP contribution in [0.2, 0.25) is 0 Å². The van der Waals surface area contributed by atoms with E-state index in [4.69, 9.17) is 28.6 Å². The molecule has 7 saturated heterocycles. The Balaban J connectivity index is 0.000000201. The summed E-state index contributed by atoms with van der Waals surface area (Å²) in [5.74, 6) is 2.20. The Morgan fingerprint density at radius 3 is 1.16 bits per heavy atom. The first-order valence-electron chi connectivity index (χ1n) is 42.8. The molecule has 0 unspecified atom stereocenters. The van der Waals surface area contributed by atoms with Crippen molar-refractivity contribution in [2.45, 2.75) is 258 Å². The lowest BCUT2D eigenvalue weighted by Gasteiger charge is -2.34. The van der Waals surface area contributed by atoms with E-state index in [0.717, 1.165) is 139 Å². The van der Waals surface area contributed by atoms with Crippen LogP contribution < -0.4 is 5.32 Å². The number of hydrogen-bond donors (Lipinski definition) is 2. The number of aliphatic hydroxyl groups excluding tert-OH is 1. The summed E-state index contributed by atoms with van der Waals surface area (Å²) in [6.45, 7) is 39.6. The maximum absolute atomic E-state index is 12.2. The highest BCUT2D eigenvalue weighted by atomic mass is 79.9. The van der Waals surface area contributed by atoms with Crippen molar-refractivity contribution in [3.05, 3.63) is 192 Å². The zero-order valence-electron chi connectivity index (χ0n) is 73.6. The summed E-state index contributed by atoms with van der Waals surface area (Å²) in [4.78, 5) is 96.7. The summed E-state index contributed by atoms with van der Waals surface area (Å²) in [5.41, 5.74) is 10.5. The molecule has 14 rings (SSSR count). The predicted molar refractivity (Wildman–Crippen MR) is 490 cm³/mol. The Hall–Kier alpha value is -7.10. The van der Waals surface area contributed by atoms with Crippen LogP contribution in [-0.4, -0.2) is 202 Å². The van der Waals surface area contributed by atoms with E-state index >= 15 is 0 Å². The summed E-state index contributed by atoms with van der Waals surface area (Å²) >= 11 is 10.3. The minimum absolute atomic E-state index is 0. The number of carbonyl (C=O) groups is 7. The standard InChI is InChI=1S/C21H30N2O3.C21H28N2O3.C16H28BNO4.C16H22N2O.C11H12BrNO.C7H6Br2.C2H6O.ClH/c2*1-21(2,3)26-20(25)22-13-10-16(11-14-22)18-8-5-4-7-17(18)15-23-12-6-9-19(23)24;1-14(2,3)20-13(19)18-10-8-12(9-11-18)17-21-15(4,5)16(6,7)22-17;19-16-6-3-11-18(16)12-14-4-1-2-5-15(14)13-7-9-17-10-8-13;12-10-5-2-1-4-9(10)8-13-7-3-6-11(13)14;8-5-6-3-1-2-4-7(6)9;1-2-3;/h4-5,7-8,16H,6,9-15H2,1-3H3;4-5,7-8,10H,6,9,11-15H2,1-3H3;8H,9-11H2,1-7H3;1-2,4-5,13,17H,3,6-12H2;1-2,4-5H,3,6-8H2;1-4H,5H2;3H,2H2,1H3;1H. The lowest BCUT2D eigenvalue weighted by Crippen LogP contribution is -2.41. The molecule has 21 nitrogen and oxygen atoms in total. The molecule has 9 aliphatic heterocycles. The highest BCUT2D eigenvalue weighted by Gasteiger charge is 2.52. The van der Waals surface area contributed by atoms with Gasteiger partial charge in [0.1, 0.15) is 16.8 Å². The molecule has 0 bridgehead atoms. The van der Waals surface area contributed by atoms with Crippen molar-refractivity contribution in [1.82, 2.24) is 39.6 Å². The molecule has 658 valence electrons. The minimum Gasteiger partial charge on any atom is -0.444 e. The molecule has 0 spiro atoms. The van der Waals surface area contributed by atoms with Gasteiger partial charge in [-0.1, -0.05) is 169 Å². The van der Waals surface area contributed by atoms with Gasteiger partial charge in [-0.25, -0.2) is 14.4 Å². The average Bonchev–Trinajstić information content (AvgIpc) is 1.62. The Morgan fingerprint density at radius 1 is 0.458 bits per heavy atom. The molecular weight excluding hydrogens is 1740 g/mol. The SMILES string of the molecule is BrCc1ccccc1Br.CC(C)(C)OC(=O)N1CC=C(B2OC(C)(C)C(C)(C)O2)CC1.CC(C)(C)OC(=O)N1CC=C(c2ccccc2CN2CCCC2=O)CC1.CC(C)(C)OC(=O)N1CCC(c2ccccc2CN2CCCC2=O)CC1.CCO.Cl.O=C1CCCN1Cc1ccccc1Br.O=C1CCCN1Cc1ccccc1C1CCNCC1. The lowest BCUT2D eigenvalue weighted by atomic mass is 9.75. The van der Waals surface area contributed by atoms with Gasteiger partial charge in [-0.2, -0.15) is 0 Å². The second-order valence-corrected chi connectivity index (χ2v) is 37.8. The number of aliphatic hydroxyl groups is 1. The lowest BCUT2D eigenvalue weighted by molar-refractivity contribution is -0.129. The molecule has 0 atom stereocenters. The number of hydrogen-bond acceptors (Lipinski definition) is 14. The highest BCUT2D eigenvalue weighted by molar-refractivity contribution is 9.11. The van der Waals surface area contributed by atoms with Crippen LogP contribution in [0.15, 0.2) is 148 Å². The van der Waals surface area contributed by atoms with Crippen LogP contribution in [0.5, 0.6) is 0 Å². The zero-order chi connectivity index (χ0) is 86.7. The van der Waals surface area contributed by atoms with Gasteiger partial charge >= 0.3 is 25.4 Å². The summed E-state index contributed by atoms with van der Waals surface area (Å²) in [6.07, 6.45) is 16.0. The van der Waals surface area contributed by atoms with Gasteiger partial charge < -0.3 is 68.2 Å². The van der Waals surface area contributed by atoms with Crippen LogP contribution in [0.25, 0.3) is 5.57 Å². The van der Waals surface area contributed by atoms with E-state index in [9.17, 15) is 33.6 Å². The molecule has 9 aliphatic rings. The van der Waals surface area contributed by atoms with E-state index < -0.39 is 16.8 Å². The number of piperidine rings is 2. The van der Waals surface area contributed by atoms with Gasteiger partial charge in [0, 0.05) is 138 Å². The number of amides is 7. The number of halogens is 4. The molecule has 5 aromatic rings. The molecule has 26 heteroatoms. The molecule has 0 saturated carbocycles. The van der Waals surface area contributed by atoms with E-state index in [1.165, 1.54) is 67.4 Å². The number of nitrogens with one attached hydrogen (secondary N) is 1. The number of alkyl halides is 1. The van der Waals surface area contributed by atoms with Crippen LogP contribution in [0.3, 0.4) is 0 Å². The van der Waals surface area contributed by atoms with Gasteiger partial charge in [0.05, 0.1) is 11.2 Å². The largest absolute Gasteiger partial charge is 0.490 e. The summed E-state index contributed by atoms with van der Waals surface area (Å²) in [7, 11) is -0.314. The molecule has 7 fully saturated rings. The second kappa shape index (κ2) is 47.7. The molecule has 0 aromatic heterocycles. The molecule has 7 amide bonds. The maximum Gasteiger partial charge on any atom is 0.490 e. The number of nitrogens with zero attached hydrogens (tertiary/aromatic N) is 7. The van der Waals surface area contributed by atoms with Crippen molar-refractivity contribution >= 4 is 115 Å². The summed E-state index contributed by atoms with van der Waals surface area (Å²) in [5, 5.41) is 11.9. The van der Waals surface area contributed by atoms with Crippen LogP contribution in [0.4, 0.5) is 14.4 Å². The van der Waals surface area contributed by atoms with Crippen molar-refractivity contribution in [2.24, 2.45) is 0 Å². The Kier molecular flexibility index (Phi) is 39.7. The van der Waals surface area contributed by atoms with E-state index in [1.807, 2.05) is 169 Å². The average molecular weight is 1870 g/mol. The molecule has 9 heterocycles. The van der Waals surface area contributed by atoms with Gasteiger partial charge in [-0.05, 0) is 254 Å². The van der Waals surface area contributed by atoms with Gasteiger partial charge in [0.2, 0.25) is 23.6 Å². The number of likely N-dealkylation sites (tertiary alicyclic amines) is 5. The fourth-order valence-corrected chi connectivity index (χ4v) is 17.0. The molecule has 2 N–H and O–H groups in total. The Morgan fingerprint density at radius 2 is 0.800 bits per heavy atom. The van der Waals surface area contributed by atoms with Gasteiger partial charge in [0.25, 0.3) is 0 Å². The normalized spacial score (nSPS) is 18.6. The van der Waals surface area contributed by atoms with Crippen molar-refractivity contribution < 1.29 is 62.2 Å². The van der Waals surface area contributed by atoms with E-state index in [-0.39, 0.29) is 73.3 Å². The topological polar surface area (TPSA) is 221 Å². The minimum atomic E-state index is -0.476. The Labute approximate surface area is 747 Å². The number of rotatable bonds is 13. The monoisotopic (exact) mass is 1860 g/mol. The molecular formula is C94H133BBr3ClN8O13. The third-order valence-corrected chi connectivity index (χ3v) is 24.5. The van der Waals surface area contributed by atoms with Crippen molar-refractivity contribution in [3.8, 4) is 0 Å². The number of benzene rings is 5. The first kappa shape index (κ1) is 100. The smallest absolute Gasteiger partial charge is 0.444 e.